The second-order valence-electron chi connectivity index (χ2n) is 4.94. The first kappa shape index (κ1) is 15.2. The fourth-order valence-corrected chi connectivity index (χ4v) is 2.11. The Kier molecular flexibility index (Phi) is 5.09. The van der Waals surface area contributed by atoms with Crippen LogP contribution in [0.1, 0.15) is 27.6 Å². The molecule has 0 aliphatic carbocycles. The van der Waals surface area contributed by atoms with Gasteiger partial charge in [-0.2, -0.15) is 0 Å². The molecule has 0 aromatic heterocycles. The first-order chi connectivity index (χ1) is 10.1. The molecule has 0 saturated heterocycles. The van der Waals surface area contributed by atoms with E-state index in [0.717, 1.165) is 11.1 Å². The van der Waals surface area contributed by atoms with E-state index in [1.165, 1.54) is 0 Å². The summed E-state index contributed by atoms with van der Waals surface area (Å²) in [4.78, 5) is 12.2. The van der Waals surface area contributed by atoms with Crippen molar-refractivity contribution in [3.05, 3.63) is 65.2 Å². The van der Waals surface area contributed by atoms with Crippen LogP contribution in [0.3, 0.4) is 0 Å². The Morgan fingerprint density at radius 1 is 1.24 bits per heavy atom. The SMILES string of the molecule is C[NH2+]C[C@H](O)c1cccc(OC(=O)c2ccccc2C)c1. The number of carbonyl (C=O) groups excluding carboxylic acids is 1. The molecule has 1 atom stereocenters. The molecule has 0 saturated carbocycles. The quantitative estimate of drug-likeness (QED) is 0.646. The van der Waals surface area contributed by atoms with Gasteiger partial charge in [-0.3, -0.25) is 0 Å². The van der Waals surface area contributed by atoms with Crippen LogP contribution in [0, 0.1) is 6.92 Å². The molecular formula is C17H20NO3+. The van der Waals surface area contributed by atoms with Crippen LogP contribution in [0.5, 0.6) is 5.75 Å². The molecule has 2 aromatic rings. The molecule has 0 fully saturated rings. The number of hydrogen-bond donors (Lipinski definition) is 2. The molecule has 0 amide bonds. The zero-order chi connectivity index (χ0) is 15.2. The molecule has 2 rings (SSSR count). The second kappa shape index (κ2) is 7.02. The van der Waals surface area contributed by atoms with Gasteiger partial charge >= 0.3 is 5.97 Å². The zero-order valence-electron chi connectivity index (χ0n) is 12.2. The Bertz CT molecular complexity index is 625. The Morgan fingerprint density at radius 3 is 2.71 bits per heavy atom. The van der Waals surface area contributed by atoms with E-state index in [-0.39, 0.29) is 5.97 Å². The maximum absolute atomic E-state index is 12.2. The summed E-state index contributed by atoms with van der Waals surface area (Å²) in [6, 6.07) is 14.3. The highest BCUT2D eigenvalue weighted by Crippen LogP contribution is 2.20. The zero-order valence-corrected chi connectivity index (χ0v) is 12.2. The van der Waals surface area contributed by atoms with E-state index in [1.807, 2.05) is 37.5 Å². The molecule has 110 valence electrons. The van der Waals surface area contributed by atoms with E-state index in [2.05, 4.69) is 0 Å². The van der Waals surface area contributed by atoms with Gasteiger partial charge in [-0.05, 0) is 36.2 Å². The minimum absolute atomic E-state index is 0.387. The number of carbonyl (C=O) groups is 1. The molecule has 21 heavy (non-hydrogen) atoms. The van der Waals surface area contributed by atoms with E-state index in [4.69, 9.17) is 4.74 Å². The van der Waals surface area contributed by atoms with E-state index < -0.39 is 6.10 Å². The van der Waals surface area contributed by atoms with Crippen LogP contribution in [-0.2, 0) is 0 Å². The summed E-state index contributed by atoms with van der Waals surface area (Å²) in [5.41, 5.74) is 2.16. The molecule has 4 nitrogen and oxygen atoms in total. The van der Waals surface area contributed by atoms with Crippen LogP contribution in [0.15, 0.2) is 48.5 Å². The lowest BCUT2D eigenvalue weighted by Gasteiger charge is -2.11. The number of likely N-dealkylation sites (N-methyl/N-ethyl adjacent to an activating group) is 1. The third-order valence-electron chi connectivity index (χ3n) is 3.28. The van der Waals surface area contributed by atoms with Crippen LogP contribution in [-0.4, -0.2) is 24.7 Å². The van der Waals surface area contributed by atoms with Gasteiger partial charge in [0.15, 0.2) is 0 Å². The number of quaternary nitrogens is 1. The fourth-order valence-electron chi connectivity index (χ4n) is 2.11. The molecule has 0 radical (unpaired) electrons. The Morgan fingerprint density at radius 2 is 2.00 bits per heavy atom. The molecule has 0 aliphatic rings. The van der Waals surface area contributed by atoms with Crippen molar-refractivity contribution in [1.29, 1.82) is 0 Å². The maximum atomic E-state index is 12.2. The van der Waals surface area contributed by atoms with Crippen molar-refractivity contribution in [2.24, 2.45) is 0 Å². The van der Waals surface area contributed by atoms with E-state index in [0.29, 0.717) is 17.9 Å². The Balaban J connectivity index is 2.15. The van der Waals surface area contributed by atoms with Gasteiger partial charge in [0.05, 0.1) is 12.6 Å². The van der Waals surface area contributed by atoms with Crippen LogP contribution >= 0.6 is 0 Å². The van der Waals surface area contributed by atoms with E-state index in [9.17, 15) is 9.90 Å². The highest BCUT2D eigenvalue weighted by Gasteiger charge is 2.13. The van der Waals surface area contributed by atoms with E-state index >= 15 is 0 Å². The summed E-state index contributed by atoms with van der Waals surface area (Å²) < 4.78 is 5.39. The number of benzene rings is 2. The van der Waals surface area contributed by atoms with Gasteiger partial charge in [0.1, 0.15) is 18.4 Å². The van der Waals surface area contributed by atoms with Crippen molar-refractivity contribution in [3.63, 3.8) is 0 Å². The first-order valence-electron chi connectivity index (χ1n) is 6.95. The van der Waals surface area contributed by atoms with Crippen molar-refractivity contribution < 1.29 is 20.0 Å². The summed E-state index contributed by atoms with van der Waals surface area (Å²) in [6.07, 6.45) is -0.577. The molecule has 0 spiro atoms. The highest BCUT2D eigenvalue weighted by atomic mass is 16.5. The van der Waals surface area contributed by atoms with Gasteiger partial charge in [-0.25, -0.2) is 4.79 Å². The van der Waals surface area contributed by atoms with Gasteiger partial charge in [-0.1, -0.05) is 30.3 Å². The van der Waals surface area contributed by atoms with Crippen LogP contribution in [0.25, 0.3) is 0 Å². The molecule has 3 N–H and O–H groups in total. The molecule has 4 heteroatoms. The van der Waals surface area contributed by atoms with Crippen molar-refractivity contribution in [2.45, 2.75) is 13.0 Å². The lowest BCUT2D eigenvalue weighted by molar-refractivity contribution is -0.634. The molecule has 0 heterocycles. The summed E-state index contributed by atoms with van der Waals surface area (Å²) in [5.74, 6) is 0.0534. The van der Waals surface area contributed by atoms with E-state index in [1.54, 1.807) is 30.3 Å². The largest absolute Gasteiger partial charge is 0.423 e. The van der Waals surface area contributed by atoms with Gasteiger partial charge in [-0.15, -0.1) is 0 Å². The fraction of sp³-hybridized carbons (Fsp3) is 0.235. The van der Waals surface area contributed by atoms with Crippen LogP contribution in [0.4, 0.5) is 0 Å². The second-order valence-corrected chi connectivity index (χ2v) is 4.94. The first-order valence-corrected chi connectivity index (χ1v) is 6.95. The van der Waals surface area contributed by atoms with Crippen molar-refractivity contribution in [2.75, 3.05) is 13.6 Å². The molecular weight excluding hydrogens is 266 g/mol. The minimum atomic E-state index is -0.577. The number of aryl methyl sites for hydroxylation is 1. The summed E-state index contributed by atoms with van der Waals surface area (Å²) >= 11 is 0. The third-order valence-corrected chi connectivity index (χ3v) is 3.28. The van der Waals surface area contributed by atoms with Gasteiger partial charge in [0.25, 0.3) is 0 Å². The lowest BCUT2D eigenvalue weighted by atomic mass is 10.1. The summed E-state index contributed by atoms with van der Waals surface area (Å²) in [5, 5.41) is 11.9. The highest BCUT2D eigenvalue weighted by molar-refractivity contribution is 5.92. The smallest absolute Gasteiger partial charge is 0.343 e. The predicted molar refractivity (Wildman–Crippen MR) is 80.3 cm³/mol. The number of nitrogens with two attached hydrogens (primary N) is 1. The monoisotopic (exact) mass is 286 g/mol. The summed E-state index contributed by atoms with van der Waals surface area (Å²) in [7, 11) is 1.89. The number of hydrogen-bond acceptors (Lipinski definition) is 3. The van der Waals surface area contributed by atoms with Gasteiger partial charge < -0.3 is 15.2 Å². The van der Waals surface area contributed by atoms with Gasteiger partial charge in [0, 0.05) is 0 Å². The van der Waals surface area contributed by atoms with Crippen LogP contribution in [0.2, 0.25) is 0 Å². The van der Waals surface area contributed by atoms with Crippen molar-refractivity contribution >= 4 is 5.97 Å². The molecule has 0 bridgehead atoms. The normalized spacial score (nSPS) is 12.0. The van der Waals surface area contributed by atoms with Gasteiger partial charge in [0.2, 0.25) is 0 Å². The number of esters is 1. The number of aliphatic hydroxyl groups is 1. The van der Waals surface area contributed by atoms with Crippen LogP contribution < -0.4 is 10.1 Å². The molecule has 0 aliphatic heterocycles. The number of ether oxygens (including phenoxy) is 1. The Hall–Kier alpha value is -2.17. The van der Waals surface area contributed by atoms with Crippen molar-refractivity contribution in [3.8, 4) is 5.75 Å². The number of aliphatic hydroxyl groups excluding tert-OH is 1. The lowest BCUT2D eigenvalue weighted by Crippen LogP contribution is -2.80. The molecule has 0 unspecified atom stereocenters. The summed E-state index contributed by atoms with van der Waals surface area (Å²) in [6.45, 7) is 2.43. The number of rotatable bonds is 5. The third kappa shape index (κ3) is 3.90. The van der Waals surface area contributed by atoms with Crippen molar-refractivity contribution in [1.82, 2.24) is 0 Å². The topological polar surface area (TPSA) is 63.1 Å². The predicted octanol–water partition coefficient (Wildman–Crippen LogP) is 1.44. The average molecular weight is 286 g/mol. The minimum Gasteiger partial charge on any atom is -0.423 e. The maximum Gasteiger partial charge on any atom is 0.343 e. The molecule has 2 aromatic carbocycles. The average Bonchev–Trinajstić information content (AvgIpc) is 2.48. The Labute approximate surface area is 124 Å². The standard InChI is InChI=1S/C17H19NO3/c1-12-6-3-4-9-15(12)17(20)21-14-8-5-7-13(10-14)16(19)11-18-2/h3-10,16,18-19H,11H2,1-2H3/p+1/t16-/m0/s1.